The molecule has 0 rings (SSSR count). The van der Waals surface area contributed by atoms with Crippen LogP contribution in [0.5, 0.6) is 0 Å². The van der Waals surface area contributed by atoms with Gasteiger partial charge in [0.15, 0.2) is 23.8 Å². The summed E-state index contributed by atoms with van der Waals surface area (Å²) in [4.78, 5) is 51.5. The molecule has 0 aromatic carbocycles. The summed E-state index contributed by atoms with van der Waals surface area (Å²) in [6.45, 7) is -1.44. The van der Waals surface area contributed by atoms with Crippen LogP contribution in [0.4, 0.5) is 0 Å². The second-order valence-corrected chi connectivity index (χ2v) is 4.54. The van der Waals surface area contributed by atoms with Gasteiger partial charge in [0.1, 0.15) is 26.2 Å². The normalized spacial score (nSPS) is 7.76. The van der Waals surface area contributed by atoms with Crippen LogP contribution in [0.2, 0.25) is 0 Å². The van der Waals surface area contributed by atoms with Gasteiger partial charge in [-0.1, -0.05) is 0 Å². The van der Waals surface area contributed by atoms with Crippen LogP contribution in [0.25, 0.3) is 0 Å². The number of rotatable bonds is 8. The largest absolute Gasteiger partial charge is 0.480 e. The fourth-order valence-electron chi connectivity index (χ4n) is 0.636. The zero-order valence-corrected chi connectivity index (χ0v) is 19.1. The van der Waals surface area contributed by atoms with Gasteiger partial charge < -0.3 is 66.3 Å². The molecule has 0 fully saturated rings. The molecule has 33 heavy (non-hydrogen) atoms. The monoisotopic (exact) mass is 566 g/mol. The third-order valence-corrected chi connectivity index (χ3v) is 1.59. The number of aliphatic carboxylic acids is 4. The van der Waals surface area contributed by atoms with Gasteiger partial charge in [-0.05, 0) is 0 Å². The Labute approximate surface area is 200 Å². The molecule has 0 spiro atoms. The second kappa shape index (κ2) is 25.7. The van der Waals surface area contributed by atoms with E-state index in [1.807, 2.05) is 0 Å². The molecule has 20 nitrogen and oxygen atoms in total. The summed E-state index contributed by atoms with van der Waals surface area (Å²) in [7, 11) is 0. The third-order valence-electron chi connectivity index (χ3n) is 1.59. The van der Waals surface area contributed by atoms with E-state index in [2.05, 4.69) is 20.0 Å². The van der Waals surface area contributed by atoms with E-state index < -0.39 is 23.9 Å². The number of aliphatic imine (C=N–C) groups is 4. The van der Waals surface area contributed by atoms with Crippen molar-refractivity contribution in [2.24, 2.45) is 65.8 Å². The smallest absolute Gasteiger partial charge is 0.325 e. The topological polar surface area (TPSA) is 407 Å². The number of nitrogens with two attached hydrogens (primary N) is 8. The number of guanidine groups is 4. The summed E-state index contributed by atoms with van der Waals surface area (Å²) in [5, 5.41) is 31.8. The van der Waals surface area contributed by atoms with Crippen molar-refractivity contribution in [2.75, 3.05) is 26.2 Å². The van der Waals surface area contributed by atoms with Gasteiger partial charge in [-0.15, -0.1) is 0 Å². The van der Waals surface area contributed by atoms with Crippen LogP contribution in [-0.4, -0.2) is 94.3 Å². The van der Waals surface area contributed by atoms with E-state index in [4.69, 9.17) is 66.3 Å². The number of carbonyl (C=O) groups is 4. The summed E-state index contributed by atoms with van der Waals surface area (Å²) in [5.74, 6) is -4.98. The standard InChI is InChI=1S/4C3H7N3O2.Mo/c4*4-3(5)6-1-2(7)8;/h4*1H2,(H,7,8)(H4,4,5,6);. The van der Waals surface area contributed by atoms with Crippen LogP contribution in [-0.2, 0) is 40.2 Å². The van der Waals surface area contributed by atoms with Crippen molar-refractivity contribution in [3.8, 4) is 0 Å². The zero-order chi connectivity index (χ0) is 26.3. The Morgan fingerprint density at radius 1 is 0.424 bits per heavy atom. The third kappa shape index (κ3) is 74.3. The molecule has 0 atom stereocenters. The SMILES string of the molecule is NC(N)=NCC(=O)O.NC(N)=NCC(=O)O.NC(N)=NCC(=O)O.NC(N)=NCC(=O)O.[Mo]. The van der Waals surface area contributed by atoms with Crippen molar-refractivity contribution >= 4 is 47.7 Å². The van der Waals surface area contributed by atoms with Gasteiger partial charge in [-0.2, -0.15) is 0 Å². The average molecular weight is 564 g/mol. The van der Waals surface area contributed by atoms with Crippen LogP contribution in [0.15, 0.2) is 20.0 Å². The summed E-state index contributed by atoms with van der Waals surface area (Å²) in [6, 6.07) is 0. The van der Waals surface area contributed by atoms with Crippen LogP contribution >= 0.6 is 0 Å². The van der Waals surface area contributed by atoms with E-state index >= 15 is 0 Å². The molecular formula is C12H28MoN12O8. The molecule has 0 saturated heterocycles. The van der Waals surface area contributed by atoms with E-state index in [-0.39, 0.29) is 71.1 Å². The maximum atomic E-state index is 9.69. The van der Waals surface area contributed by atoms with E-state index in [1.54, 1.807) is 0 Å². The molecule has 0 aromatic heterocycles. The Morgan fingerprint density at radius 2 is 0.545 bits per heavy atom. The first-order chi connectivity index (χ1) is 14.5. The quantitative estimate of drug-likeness (QED) is 0.0740. The summed E-state index contributed by atoms with van der Waals surface area (Å²) in [6.07, 6.45) is 0. The summed E-state index contributed by atoms with van der Waals surface area (Å²) < 4.78 is 0. The van der Waals surface area contributed by atoms with E-state index in [9.17, 15) is 19.2 Å². The Kier molecular flexibility index (Phi) is 30.5. The number of hydrogen-bond acceptors (Lipinski definition) is 8. The molecule has 190 valence electrons. The van der Waals surface area contributed by atoms with Gasteiger partial charge in [-0.3, -0.25) is 19.2 Å². The van der Waals surface area contributed by atoms with Gasteiger partial charge >= 0.3 is 23.9 Å². The number of carboxylic acid groups (broad SMARTS) is 4. The van der Waals surface area contributed by atoms with E-state index in [1.165, 1.54) is 0 Å². The molecule has 0 heterocycles. The minimum atomic E-state index is -1.04. The number of nitrogens with zero attached hydrogens (tertiary/aromatic N) is 4. The van der Waals surface area contributed by atoms with Gasteiger partial charge in [0.25, 0.3) is 0 Å². The minimum Gasteiger partial charge on any atom is -0.480 e. The first-order valence-electron chi connectivity index (χ1n) is 7.59. The Balaban J connectivity index is -0.000000105. The first-order valence-corrected chi connectivity index (χ1v) is 7.59. The van der Waals surface area contributed by atoms with Gasteiger partial charge in [0, 0.05) is 21.1 Å². The Bertz CT molecular complexity index is 589. The van der Waals surface area contributed by atoms with Crippen molar-refractivity contribution in [2.45, 2.75) is 0 Å². The Morgan fingerprint density at radius 3 is 0.576 bits per heavy atom. The van der Waals surface area contributed by atoms with Crippen LogP contribution < -0.4 is 45.9 Å². The molecular weight excluding hydrogens is 536 g/mol. The molecule has 0 aliphatic carbocycles. The molecule has 0 aliphatic heterocycles. The second-order valence-electron chi connectivity index (χ2n) is 4.54. The van der Waals surface area contributed by atoms with Crippen molar-refractivity contribution in [3.63, 3.8) is 0 Å². The minimum absolute atomic E-state index is 0. The van der Waals surface area contributed by atoms with E-state index in [0.717, 1.165) is 0 Å². The molecule has 0 radical (unpaired) electrons. The molecule has 0 aliphatic rings. The molecule has 0 aromatic rings. The van der Waals surface area contributed by atoms with Crippen molar-refractivity contribution in [3.05, 3.63) is 0 Å². The van der Waals surface area contributed by atoms with E-state index in [0.29, 0.717) is 0 Å². The Hall–Kier alpha value is -4.35. The van der Waals surface area contributed by atoms with Crippen LogP contribution in [0, 0.1) is 0 Å². The molecule has 0 saturated carbocycles. The number of carboxylic acids is 4. The van der Waals surface area contributed by atoms with Gasteiger partial charge in [0.05, 0.1) is 0 Å². The first kappa shape index (κ1) is 39.2. The molecule has 20 N–H and O–H groups in total. The number of hydrogen-bond donors (Lipinski definition) is 12. The average Bonchev–Trinajstić information content (AvgIpc) is 2.63. The maximum Gasteiger partial charge on any atom is 0.325 e. The molecule has 0 bridgehead atoms. The predicted molar refractivity (Wildman–Crippen MR) is 113 cm³/mol. The van der Waals surface area contributed by atoms with Crippen LogP contribution in [0.1, 0.15) is 0 Å². The zero-order valence-electron chi connectivity index (χ0n) is 17.1. The van der Waals surface area contributed by atoms with Gasteiger partial charge in [0.2, 0.25) is 0 Å². The van der Waals surface area contributed by atoms with Crippen molar-refractivity contribution in [1.82, 2.24) is 0 Å². The molecule has 21 heteroatoms. The van der Waals surface area contributed by atoms with Crippen molar-refractivity contribution < 1.29 is 60.7 Å². The van der Waals surface area contributed by atoms with Gasteiger partial charge in [-0.25, -0.2) is 20.0 Å². The molecule has 0 amide bonds. The summed E-state index contributed by atoms with van der Waals surface area (Å²) >= 11 is 0. The van der Waals surface area contributed by atoms with Crippen molar-refractivity contribution in [1.29, 1.82) is 0 Å². The maximum absolute atomic E-state index is 9.69. The molecule has 0 unspecified atom stereocenters. The fourth-order valence-corrected chi connectivity index (χ4v) is 0.636. The predicted octanol–water partition coefficient (Wildman–Crippen LogP) is -6.62. The summed E-state index contributed by atoms with van der Waals surface area (Å²) in [5.41, 5.74) is 38.4. The fraction of sp³-hybridized carbons (Fsp3) is 0.333. The van der Waals surface area contributed by atoms with Crippen LogP contribution in [0.3, 0.4) is 0 Å².